The molecular weight excluding hydrogens is 450 g/mol. The van der Waals surface area contributed by atoms with Gasteiger partial charge in [0, 0.05) is 16.7 Å². The number of rotatable bonds is 5. The summed E-state index contributed by atoms with van der Waals surface area (Å²) in [6, 6.07) is 7.86. The fourth-order valence-corrected chi connectivity index (χ4v) is 6.40. The van der Waals surface area contributed by atoms with Crippen LogP contribution in [0.2, 0.25) is 0 Å². The first-order valence-electron chi connectivity index (χ1n) is 12.3. The van der Waals surface area contributed by atoms with Crippen LogP contribution in [0.15, 0.2) is 41.5 Å². The molecule has 0 aromatic heterocycles. The molecule has 2 saturated heterocycles. The second-order valence-corrected chi connectivity index (χ2v) is 11.6. The van der Waals surface area contributed by atoms with Crippen LogP contribution in [-0.2, 0) is 23.7 Å². The first-order valence-corrected chi connectivity index (χ1v) is 12.3. The maximum atomic E-state index is 13.3. The van der Waals surface area contributed by atoms with Gasteiger partial charge >= 0.3 is 12.1 Å². The molecule has 2 N–H and O–H groups in total. The number of hydrogen-bond acceptors (Lipinski definition) is 7. The molecule has 1 aromatic carbocycles. The molecule has 2 aliphatic carbocycles. The number of esters is 1. The number of allylic oxidation sites excluding steroid dienone is 1. The van der Waals surface area contributed by atoms with Crippen molar-refractivity contribution in [3.8, 4) is 0 Å². The van der Waals surface area contributed by atoms with Crippen LogP contribution < -0.4 is 5.32 Å². The number of amides is 1. The van der Waals surface area contributed by atoms with Crippen molar-refractivity contribution in [1.29, 1.82) is 0 Å². The maximum absolute atomic E-state index is 13.3. The molecule has 4 unspecified atom stereocenters. The molecular formula is C27H35NO7. The van der Waals surface area contributed by atoms with Crippen molar-refractivity contribution in [2.75, 3.05) is 13.2 Å². The lowest BCUT2D eigenvalue weighted by molar-refractivity contribution is -0.316. The van der Waals surface area contributed by atoms with Crippen LogP contribution in [0.25, 0.3) is 0 Å². The van der Waals surface area contributed by atoms with Gasteiger partial charge in [-0.15, -0.1) is 0 Å². The lowest BCUT2D eigenvalue weighted by atomic mass is 9.66. The van der Waals surface area contributed by atoms with Gasteiger partial charge in [-0.1, -0.05) is 48.4 Å². The zero-order valence-electron chi connectivity index (χ0n) is 21.0. The van der Waals surface area contributed by atoms with Crippen LogP contribution in [0, 0.1) is 16.7 Å². The Bertz CT molecular complexity index is 1050. The Labute approximate surface area is 206 Å². The highest BCUT2D eigenvalue weighted by Gasteiger charge is 2.80. The smallest absolute Gasteiger partial charge is 0.408 e. The van der Waals surface area contributed by atoms with E-state index in [1.54, 1.807) is 45.0 Å². The van der Waals surface area contributed by atoms with E-state index < -0.39 is 29.8 Å². The minimum atomic E-state index is -1.60. The van der Waals surface area contributed by atoms with Gasteiger partial charge in [-0.2, -0.15) is 0 Å². The van der Waals surface area contributed by atoms with Crippen molar-refractivity contribution in [3.63, 3.8) is 0 Å². The molecule has 2 heterocycles. The third kappa shape index (κ3) is 3.96. The number of hydrogen-bond donors (Lipinski definition) is 2. The van der Waals surface area contributed by atoms with E-state index in [-0.39, 0.29) is 29.1 Å². The molecule has 8 heteroatoms. The fraction of sp³-hybridized carbons (Fsp3) is 0.630. The molecule has 1 aromatic rings. The van der Waals surface area contributed by atoms with Gasteiger partial charge in [0.25, 0.3) is 0 Å². The summed E-state index contributed by atoms with van der Waals surface area (Å²) in [4.78, 5) is 25.8. The van der Waals surface area contributed by atoms with Crippen molar-refractivity contribution in [3.05, 3.63) is 47.0 Å². The van der Waals surface area contributed by atoms with Gasteiger partial charge in [-0.3, -0.25) is 0 Å². The van der Waals surface area contributed by atoms with Crippen LogP contribution in [0.3, 0.4) is 0 Å². The second-order valence-electron chi connectivity index (χ2n) is 11.6. The quantitative estimate of drug-likeness (QED) is 0.485. The van der Waals surface area contributed by atoms with Crippen molar-refractivity contribution in [2.45, 2.75) is 77.6 Å². The monoisotopic (exact) mass is 485 g/mol. The summed E-state index contributed by atoms with van der Waals surface area (Å²) < 4.78 is 23.0. The molecule has 190 valence electrons. The predicted octanol–water partition coefficient (Wildman–Crippen LogP) is 3.64. The van der Waals surface area contributed by atoms with Crippen molar-refractivity contribution >= 4 is 12.1 Å². The summed E-state index contributed by atoms with van der Waals surface area (Å²) in [6.45, 7) is 10.6. The topological polar surface area (TPSA) is 103 Å². The van der Waals surface area contributed by atoms with Crippen LogP contribution in [0.1, 0.15) is 59.1 Å². The van der Waals surface area contributed by atoms with E-state index in [2.05, 4.69) is 19.2 Å². The number of nitrogens with one attached hydrogen (secondary N) is 1. The van der Waals surface area contributed by atoms with Crippen molar-refractivity contribution in [1.82, 2.24) is 5.32 Å². The Hall–Kier alpha value is -2.42. The Morgan fingerprint density at radius 2 is 1.91 bits per heavy atom. The van der Waals surface area contributed by atoms with Gasteiger partial charge in [0.2, 0.25) is 0 Å². The zero-order valence-corrected chi connectivity index (χ0v) is 21.0. The van der Waals surface area contributed by atoms with Gasteiger partial charge in [-0.05, 0) is 46.1 Å². The van der Waals surface area contributed by atoms with Gasteiger partial charge in [0.15, 0.2) is 12.4 Å². The number of benzene rings is 1. The molecule has 7 atom stereocenters. The number of fused-ring (bicyclic) bond motifs is 2. The minimum Gasteiger partial charge on any atom is -0.459 e. The van der Waals surface area contributed by atoms with Crippen LogP contribution in [0.5, 0.6) is 0 Å². The van der Waals surface area contributed by atoms with E-state index in [1.165, 1.54) is 11.1 Å². The van der Waals surface area contributed by atoms with Crippen molar-refractivity contribution < 1.29 is 33.6 Å². The summed E-state index contributed by atoms with van der Waals surface area (Å²) in [5.41, 5.74) is 2.06. The maximum Gasteiger partial charge on any atom is 0.408 e. The minimum absolute atomic E-state index is 0.0814. The normalized spacial score (nSPS) is 34.9. The molecule has 0 bridgehead atoms. The summed E-state index contributed by atoms with van der Waals surface area (Å²) >= 11 is 0. The first kappa shape index (κ1) is 24.3. The SMILES string of the molecule is CC1=C2CCOC3OC[C@@]3(C)C3C(OC(=O)[C@H](O)[C@@H](NC(=O)OC(C)(C)C)c4ccccc4)C23C1. The van der Waals surface area contributed by atoms with Gasteiger partial charge < -0.3 is 29.4 Å². The van der Waals surface area contributed by atoms with Crippen LogP contribution >= 0.6 is 0 Å². The standard InChI is InChI=1S/C27H35NO7/c1-15-13-27-17(15)11-12-32-23-26(5,14-33-23)20(27)21(27)34-22(30)19(29)18(16-9-7-6-8-10-16)28-24(31)35-25(2,3)4/h6-10,18-21,23,29H,11-14H2,1-5H3,(H,28,31)/t18-,19+,20?,21?,23?,26-,27?/m0/s1. The zero-order chi connectivity index (χ0) is 25.2. The number of carbonyl (C=O) groups excluding carboxylic acids is 2. The molecule has 35 heavy (non-hydrogen) atoms. The number of ether oxygens (including phenoxy) is 4. The summed E-state index contributed by atoms with van der Waals surface area (Å²) in [7, 11) is 0. The van der Waals surface area contributed by atoms with Gasteiger partial charge in [0.1, 0.15) is 11.7 Å². The molecule has 2 aliphatic heterocycles. The predicted molar refractivity (Wildman–Crippen MR) is 126 cm³/mol. The Morgan fingerprint density at radius 1 is 1.20 bits per heavy atom. The molecule has 1 saturated carbocycles. The van der Waals surface area contributed by atoms with E-state index in [1.807, 2.05) is 6.07 Å². The summed E-state index contributed by atoms with van der Waals surface area (Å²) in [5.74, 6) is -0.677. The summed E-state index contributed by atoms with van der Waals surface area (Å²) in [5, 5.41) is 13.8. The first-order chi connectivity index (χ1) is 16.5. The van der Waals surface area contributed by atoms with Crippen molar-refractivity contribution in [2.24, 2.45) is 16.7 Å². The fourth-order valence-electron chi connectivity index (χ4n) is 6.40. The second kappa shape index (κ2) is 8.32. The van der Waals surface area contributed by atoms with E-state index in [9.17, 15) is 14.7 Å². The van der Waals surface area contributed by atoms with Crippen LogP contribution in [-0.4, -0.2) is 54.5 Å². The molecule has 3 fully saturated rings. The average molecular weight is 486 g/mol. The van der Waals surface area contributed by atoms with Crippen LogP contribution in [0.4, 0.5) is 4.79 Å². The Balaban J connectivity index is 1.35. The molecule has 0 radical (unpaired) electrons. The van der Waals surface area contributed by atoms with E-state index in [4.69, 9.17) is 18.9 Å². The lowest BCUT2D eigenvalue weighted by Gasteiger charge is -2.50. The van der Waals surface area contributed by atoms with Gasteiger partial charge in [0.05, 0.1) is 19.3 Å². The number of aliphatic hydroxyl groups is 1. The molecule has 1 spiro atoms. The average Bonchev–Trinajstić information content (AvgIpc) is 3.43. The molecule has 1 amide bonds. The molecule has 5 rings (SSSR count). The van der Waals surface area contributed by atoms with E-state index in [0.29, 0.717) is 18.8 Å². The van der Waals surface area contributed by atoms with Gasteiger partial charge in [-0.25, -0.2) is 9.59 Å². The number of carbonyl (C=O) groups is 2. The Kier molecular flexibility index (Phi) is 5.77. The highest BCUT2D eigenvalue weighted by Crippen LogP contribution is 2.77. The molecule has 8 nitrogen and oxygen atoms in total. The largest absolute Gasteiger partial charge is 0.459 e. The highest BCUT2D eigenvalue weighted by molar-refractivity contribution is 5.78. The van der Waals surface area contributed by atoms with E-state index in [0.717, 1.165) is 12.8 Å². The van der Waals surface area contributed by atoms with E-state index >= 15 is 0 Å². The number of aliphatic hydroxyl groups excluding tert-OH is 1. The Morgan fingerprint density at radius 3 is 2.51 bits per heavy atom. The lowest BCUT2D eigenvalue weighted by Crippen LogP contribution is -2.55. The third-order valence-electron chi connectivity index (χ3n) is 7.94. The number of alkyl carbamates (subject to hydrolysis) is 1. The summed E-state index contributed by atoms with van der Waals surface area (Å²) in [6.07, 6.45) is -1.29. The molecule has 4 aliphatic rings. The highest BCUT2D eigenvalue weighted by atomic mass is 16.7. The third-order valence-corrected chi connectivity index (χ3v) is 7.94.